The first-order valence-corrected chi connectivity index (χ1v) is 11.0. The van der Waals surface area contributed by atoms with Crippen LogP contribution in [-0.4, -0.2) is 33.2 Å². The molecule has 0 saturated heterocycles. The van der Waals surface area contributed by atoms with Gasteiger partial charge in [-0.1, -0.05) is 30.3 Å². The minimum Gasteiger partial charge on any atom is -0.435 e. The van der Waals surface area contributed by atoms with Crippen molar-refractivity contribution in [1.82, 2.24) is 5.32 Å². The summed E-state index contributed by atoms with van der Waals surface area (Å²) in [5, 5.41) is 5.66. The molecule has 0 bridgehead atoms. The Balaban J connectivity index is 1.63. The van der Waals surface area contributed by atoms with Gasteiger partial charge in [0, 0.05) is 12.2 Å². The van der Waals surface area contributed by atoms with Gasteiger partial charge < -0.3 is 15.4 Å². The summed E-state index contributed by atoms with van der Waals surface area (Å²) < 4.78 is 53.5. The smallest absolute Gasteiger partial charge is 0.387 e. The zero-order chi connectivity index (χ0) is 22.3. The van der Waals surface area contributed by atoms with Gasteiger partial charge in [0.15, 0.2) is 9.84 Å². The van der Waals surface area contributed by atoms with Crippen molar-refractivity contribution < 1.29 is 26.7 Å². The number of ether oxygens (including phenoxy) is 1. The van der Waals surface area contributed by atoms with Crippen LogP contribution in [0.4, 0.5) is 20.2 Å². The lowest BCUT2D eigenvalue weighted by Gasteiger charge is -2.13. The zero-order valence-corrected chi connectivity index (χ0v) is 17.1. The summed E-state index contributed by atoms with van der Waals surface area (Å²) >= 11 is 0. The number of amides is 1. The first-order chi connectivity index (χ1) is 14.8. The highest BCUT2D eigenvalue weighted by Gasteiger charge is 2.16. The summed E-state index contributed by atoms with van der Waals surface area (Å²) in [7, 11) is -3.51. The molecule has 3 rings (SSSR count). The van der Waals surface area contributed by atoms with E-state index < -0.39 is 22.4 Å². The van der Waals surface area contributed by atoms with Gasteiger partial charge in [0.05, 0.1) is 21.9 Å². The van der Waals surface area contributed by atoms with Crippen LogP contribution in [0.1, 0.15) is 10.4 Å². The van der Waals surface area contributed by atoms with E-state index in [1.54, 1.807) is 54.6 Å². The van der Waals surface area contributed by atoms with E-state index in [4.69, 9.17) is 0 Å². The van der Waals surface area contributed by atoms with Crippen molar-refractivity contribution in [1.29, 1.82) is 0 Å². The van der Waals surface area contributed by atoms with Gasteiger partial charge >= 0.3 is 6.61 Å². The van der Waals surface area contributed by atoms with Gasteiger partial charge in [-0.05, 0) is 48.5 Å². The SMILES string of the molecule is O=C(NCCS(=O)(=O)c1ccccc1)c1ccccc1Nc1ccc(OC(F)F)cc1. The van der Waals surface area contributed by atoms with Crippen molar-refractivity contribution in [3.05, 3.63) is 84.4 Å². The number of hydrogen-bond donors (Lipinski definition) is 2. The molecular weight excluding hydrogens is 426 g/mol. The molecule has 0 aliphatic rings. The number of hydrogen-bond acceptors (Lipinski definition) is 5. The van der Waals surface area contributed by atoms with E-state index in [9.17, 15) is 22.0 Å². The number of benzene rings is 3. The third-order valence-corrected chi connectivity index (χ3v) is 6.02. The van der Waals surface area contributed by atoms with Crippen molar-refractivity contribution >= 4 is 27.1 Å². The number of carbonyl (C=O) groups is 1. The Morgan fingerprint density at radius 2 is 1.55 bits per heavy atom. The Bertz CT molecular complexity index is 1120. The lowest BCUT2D eigenvalue weighted by molar-refractivity contribution is -0.0498. The largest absolute Gasteiger partial charge is 0.435 e. The molecule has 162 valence electrons. The second kappa shape index (κ2) is 10.0. The Morgan fingerprint density at radius 3 is 2.23 bits per heavy atom. The first kappa shape index (κ1) is 22.2. The molecule has 2 N–H and O–H groups in total. The van der Waals surface area contributed by atoms with Crippen molar-refractivity contribution in [3.63, 3.8) is 0 Å². The van der Waals surface area contributed by atoms with Crippen LogP contribution in [0.15, 0.2) is 83.8 Å². The molecule has 0 atom stereocenters. The Labute approximate surface area is 178 Å². The van der Waals surface area contributed by atoms with Gasteiger partial charge in [0.1, 0.15) is 5.75 Å². The van der Waals surface area contributed by atoms with Crippen LogP contribution in [0.25, 0.3) is 0 Å². The molecular formula is C22H20F2N2O4S. The summed E-state index contributed by atoms with van der Waals surface area (Å²) in [6.07, 6.45) is 0. The van der Waals surface area contributed by atoms with Crippen LogP contribution in [0, 0.1) is 0 Å². The number of rotatable bonds is 9. The van der Waals surface area contributed by atoms with Crippen molar-refractivity contribution in [2.24, 2.45) is 0 Å². The van der Waals surface area contributed by atoms with Gasteiger partial charge in [-0.25, -0.2) is 8.42 Å². The molecule has 6 nitrogen and oxygen atoms in total. The van der Waals surface area contributed by atoms with Gasteiger partial charge in [0.2, 0.25) is 0 Å². The van der Waals surface area contributed by atoms with E-state index in [1.165, 1.54) is 24.3 Å². The third kappa shape index (κ3) is 6.26. The Kier molecular flexibility index (Phi) is 7.19. The van der Waals surface area contributed by atoms with E-state index in [1.807, 2.05) is 0 Å². The molecule has 0 unspecified atom stereocenters. The van der Waals surface area contributed by atoms with Gasteiger partial charge in [-0.2, -0.15) is 8.78 Å². The van der Waals surface area contributed by atoms with E-state index in [-0.39, 0.29) is 22.9 Å². The first-order valence-electron chi connectivity index (χ1n) is 9.32. The molecule has 0 aromatic heterocycles. The number of nitrogens with one attached hydrogen (secondary N) is 2. The fourth-order valence-corrected chi connectivity index (χ4v) is 3.98. The summed E-state index contributed by atoms with van der Waals surface area (Å²) in [5.41, 5.74) is 1.36. The molecule has 0 heterocycles. The maximum Gasteiger partial charge on any atom is 0.387 e. The van der Waals surface area contributed by atoms with E-state index >= 15 is 0 Å². The second-order valence-electron chi connectivity index (χ2n) is 6.46. The van der Waals surface area contributed by atoms with Gasteiger partial charge in [0.25, 0.3) is 5.91 Å². The topological polar surface area (TPSA) is 84.5 Å². The van der Waals surface area contributed by atoms with E-state index in [2.05, 4.69) is 15.4 Å². The molecule has 3 aromatic rings. The minimum atomic E-state index is -3.51. The molecule has 0 saturated carbocycles. The fourth-order valence-electron chi connectivity index (χ4n) is 2.81. The number of halogens is 2. The molecule has 0 spiro atoms. The van der Waals surface area contributed by atoms with Gasteiger partial charge in [-0.15, -0.1) is 0 Å². The predicted molar refractivity (Wildman–Crippen MR) is 114 cm³/mol. The molecule has 0 radical (unpaired) electrons. The highest BCUT2D eigenvalue weighted by Crippen LogP contribution is 2.23. The summed E-state index contributed by atoms with van der Waals surface area (Å²) in [6, 6.07) is 20.5. The number of alkyl halides is 2. The van der Waals surface area contributed by atoms with E-state index in [0.29, 0.717) is 16.9 Å². The van der Waals surface area contributed by atoms with Gasteiger partial charge in [-0.3, -0.25) is 4.79 Å². The molecule has 31 heavy (non-hydrogen) atoms. The maximum atomic E-state index is 12.6. The van der Waals surface area contributed by atoms with Crippen molar-refractivity contribution in [2.75, 3.05) is 17.6 Å². The lowest BCUT2D eigenvalue weighted by Crippen LogP contribution is -2.29. The lowest BCUT2D eigenvalue weighted by atomic mass is 10.1. The molecule has 9 heteroatoms. The quantitative estimate of drug-likeness (QED) is 0.514. The normalized spacial score (nSPS) is 11.2. The summed E-state index contributed by atoms with van der Waals surface area (Å²) in [5.74, 6) is -0.653. The van der Waals surface area contributed by atoms with Crippen LogP contribution in [0.5, 0.6) is 5.75 Å². The standard InChI is InChI=1S/C22H20F2N2O4S/c23-22(24)30-17-12-10-16(11-13-17)26-20-9-5-4-8-19(20)21(27)25-14-15-31(28,29)18-6-2-1-3-7-18/h1-13,22,26H,14-15H2,(H,25,27). The Hall–Kier alpha value is -3.46. The van der Waals surface area contributed by atoms with Crippen molar-refractivity contribution in [2.45, 2.75) is 11.5 Å². The third-order valence-electron chi connectivity index (χ3n) is 4.29. The molecule has 1 amide bonds. The number of carbonyl (C=O) groups excluding carboxylic acids is 1. The van der Waals surface area contributed by atoms with Crippen LogP contribution in [-0.2, 0) is 9.84 Å². The average molecular weight is 446 g/mol. The number of anilines is 2. The van der Waals surface area contributed by atoms with E-state index in [0.717, 1.165) is 0 Å². The predicted octanol–water partition coefficient (Wildman–Crippen LogP) is 4.24. The molecule has 0 aliphatic heterocycles. The summed E-state index contributed by atoms with van der Waals surface area (Å²) in [6.45, 7) is -2.96. The van der Waals surface area contributed by atoms with Crippen molar-refractivity contribution in [3.8, 4) is 5.75 Å². The van der Waals surface area contributed by atoms with Crippen LogP contribution in [0.3, 0.4) is 0 Å². The fraction of sp³-hybridized carbons (Fsp3) is 0.136. The molecule has 0 fully saturated rings. The number of para-hydroxylation sites is 1. The average Bonchev–Trinajstić information content (AvgIpc) is 2.75. The summed E-state index contributed by atoms with van der Waals surface area (Å²) in [4.78, 5) is 12.8. The van der Waals surface area contributed by atoms with Crippen LogP contribution in [0.2, 0.25) is 0 Å². The van der Waals surface area contributed by atoms with Crippen LogP contribution >= 0.6 is 0 Å². The van der Waals surface area contributed by atoms with Crippen LogP contribution < -0.4 is 15.4 Å². The number of sulfone groups is 1. The second-order valence-corrected chi connectivity index (χ2v) is 8.57. The monoisotopic (exact) mass is 446 g/mol. The molecule has 0 aliphatic carbocycles. The minimum absolute atomic E-state index is 0.0196. The Morgan fingerprint density at radius 1 is 0.903 bits per heavy atom. The molecule has 3 aromatic carbocycles. The highest BCUT2D eigenvalue weighted by atomic mass is 32.2. The zero-order valence-electron chi connectivity index (χ0n) is 16.3. The highest BCUT2D eigenvalue weighted by molar-refractivity contribution is 7.91. The maximum absolute atomic E-state index is 12.6.